The lowest BCUT2D eigenvalue weighted by Gasteiger charge is -2.00. The highest BCUT2D eigenvalue weighted by atomic mass is 79.9. The number of carbonyl (C=O) groups excluding carboxylic acids is 1. The predicted octanol–water partition coefficient (Wildman–Crippen LogP) is 1.02. The predicted molar refractivity (Wildman–Crippen MR) is 58.7 cm³/mol. The molecule has 2 aromatic rings. The first kappa shape index (κ1) is 10.3. The van der Waals surface area contributed by atoms with Crippen LogP contribution in [-0.4, -0.2) is 26.2 Å². The van der Waals surface area contributed by atoms with Crippen LogP contribution in [0.5, 0.6) is 0 Å². The third-order valence-corrected chi connectivity index (χ3v) is 2.78. The van der Waals surface area contributed by atoms with Crippen LogP contribution in [0, 0.1) is 0 Å². The number of nitrogens with zero attached hydrogens (tertiary/aromatic N) is 3. The van der Waals surface area contributed by atoms with Crippen LogP contribution in [0.15, 0.2) is 23.2 Å². The van der Waals surface area contributed by atoms with Gasteiger partial charge in [0.05, 0.1) is 6.04 Å². The quantitative estimate of drug-likeness (QED) is 0.826. The van der Waals surface area contributed by atoms with E-state index in [9.17, 15) is 4.79 Å². The molecule has 2 rings (SSSR count). The second-order valence-corrected chi connectivity index (χ2v) is 3.96. The van der Waals surface area contributed by atoms with Crippen molar-refractivity contribution in [2.24, 2.45) is 5.73 Å². The van der Waals surface area contributed by atoms with Gasteiger partial charge in [0.2, 0.25) is 0 Å². The van der Waals surface area contributed by atoms with E-state index in [-0.39, 0.29) is 5.78 Å². The lowest BCUT2D eigenvalue weighted by molar-refractivity contribution is 0.0963. The molecule has 1 unspecified atom stereocenters. The Morgan fingerprint density at radius 3 is 3.00 bits per heavy atom. The molecule has 2 N–H and O–H groups in total. The van der Waals surface area contributed by atoms with Gasteiger partial charge in [0, 0.05) is 6.20 Å². The van der Waals surface area contributed by atoms with E-state index in [1.54, 1.807) is 29.9 Å². The Labute approximate surface area is 94.5 Å². The monoisotopic (exact) mass is 268 g/mol. The minimum Gasteiger partial charge on any atom is -0.321 e. The summed E-state index contributed by atoms with van der Waals surface area (Å²) in [6.07, 6.45) is 3.21. The zero-order valence-corrected chi connectivity index (χ0v) is 9.60. The maximum Gasteiger partial charge on any atom is 0.200 e. The van der Waals surface area contributed by atoms with Gasteiger partial charge in [-0.25, -0.2) is 9.97 Å². The van der Waals surface area contributed by atoms with Crippen molar-refractivity contribution in [2.45, 2.75) is 13.0 Å². The zero-order chi connectivity index (χ0) is 11.0. The Kier molecular flexibility index (Phi) is 2.54. The molecule has 5 nitrogen and oxygen atoms in total. The van der Waals surface area contributed by atoms with E-state index in [0.717, 1.165) is 0 Å². The molecule has 0 radical (unpaired) electrons. The number of rotatable bonds is 2. The number of halogens is 1. The molecule has 0 aromatic carbocycles. The van der Waals surface area contributed by atoms with E-state index in [4.69, 9.17) is 5.73 Å². The number of fused-ring (bicyclic) bond motifs is 1. The second kappa shape index (κ2) is 3.71. The topological polar surface area (TPSA) is 73.3 Å². The summed E-state index contributed by atoms with van der Waals surface area (Å²) in [6, 6.07) is 1.17. The molecule has 2 aromatic heterocycles. The van der Waals surface area contributed by atoms with Gasteiger partial charge in [-0.15, -0.1) is 0 Å². The van der Waals surface area contributed by atoms with Gasteiger partial charge in [-0.3, -0.25) is 9.20 Å². The average Bonchev–Trinajstić information content (AvgIpc) is 2.56. The number of carbonyl (C=O) groups is 1. The van der Waals surface area contributed by atoms with Crippen molar-refractivity contribution in [3.8, 4) is 0 Å². The number of Topliss-reactive ketones (excluding diaryl/α,β-unsaturated/α-hetero) is 1. The zero-order valence-electron chi connectivity index (χ0n) is 8.01. The molecular formula is C9H9BrN4O. The molecule has 0 fully saturated rings. The summed E-state index contributed by atoms with van der Waals surface area (Å²) < 4.78 is 2.28. The highest BCUT2D eigenvalue weighted by molar-refractivity contribution is 9.10. The van der Waals surface area contributed by atoms with Crippen molar-refractivity contribution >= 4 is 27.4 Å². The number of aromatic nitrogens is 3. The lowest BCUT2D eigenvalue weighted by Crippen LogP contribution is -2.27. The number of hydrogen-bond donors (Lipinski definition) is 1. The van der Waals surface area contributed by atoms with Crippen LogP contribution >= 0.6 is 15.9 Å². The van der Waals surface area contributed by atoms with E-state index >= 15 is 0 Å². The summed E-state index contributed by atoms with van der Waals surface area (Å²) in [7, 11) is 0. The molecule has 6 heteroatoms. The standard InChI is InChI=1S/C9H9BrN4O/c1-5(11)8(15)7-9(10)14-4-12-3-2-6(14)13-7/h2-5H,11H2,1H3. The van der Waals surface area contributed by atoms with Crippen molar-refractivity contribution in [3.05, 3.63) is 28.9 Å². The van der Waals surface area contributed by atoms with E-state index in [1.165, 1.54) is 0 Å². The van der Waals surface area contributed by atoms with Crippen LogP contribution in [-0.2, 0) is 0 Å². The molecule has 0 saturated heterocycles. The smallest absolute Gasteiger partial charge is 0.200 e. The van der Waals surface area contributed by atoms with Gasteiger partial charge >= 0.3 is 0 Å². The SMILES string of the molecule is CC(N)C(=O)c1nc2ccncn2c1Br. The summed E-state index contributed by atoms with van der Waals surface area (Å²) in [5.74, 6) is -0.189. The number of nitrogens with two attached hydrogens (primary N) is 1. The van der Waals surface area contributed by atoms with Crippen molar-refractivity contribution in [1.82, 2.24) is 14.4 Å². The van der Waals surface area contributed by atoms with Crippen LogP contribution < -0.4 is 5.73 Å². The van der Waals surface area contributed by atoms with Crippen LogP contribution in [0.2, 0.25) is 0 Å². The molecule has 78 valence electrons. The second-order valence-electron chi connectivity index (χ2n) is 3.21. The molecule has 0 aliphatic heterocycles. The summed E-state index contributed by atoms with van der Waals surface area (Å²) in [5, 5.41) is 0. The number of ketones is 1. The Hall–Kier alpha value is -1.27. The first-order chi connectivity index (χ1) is 7.11. The van der Waals surface area contributed by atoms with Crippen LogP contribution in [0.25, 0.3) is 5.65 Å². The average molecular weight is 269 g/mol. The Balaban J connectivity index is 2.63. The van der Waals surface area contributed by atoms with Crippen molar-refractivity contribution in [1.29, 1.82) is 0 Å². The van der Waals surface area contributed by atoms with E-state index in [1.807, 2.05) is 0 Å². The number of hydrogen-bond acceptors (Lipinski definition) is 4. The molecule has 0 spiro atoms. The molecule has 0 aliphatic rings. The minimum absolute atomic E-state index is 0.189. The van der Waals surface area contributed by atoms with Gasteiger partial charge in [0.15, 0.2) is 5.78 Å². The van der Waals surface area contributed by atoms with Gasteiger partial charge in [0.25, 0.3) is 0 Å². The molecule has 0 bridgehead atoms. The van der Waals surface area contributed by atoms with Crippen LogP contribution in [0.3, 0.4) is 0 Å². The summed E-state index contributed by atoms with van der Waals surface area (Å²) in [5.41, 5.74) is 6.54. The van der Waals surface area contributed by atoms with Gasteiger partial charge in [-0.2, -0.15) is 0 Å². The Morgan fingerprint density at radius 1 is 1.67 bits per heavy atom. The highest BCUT2D eigenvalue weighted by Crippen LogP contribution is 2.19. The molecule has 15 heavy (non-hydrogen) atoms. The van der Waals surface area contributed by atoms with Gasteiger partial charge < -0.3 is 5.73 Å². The molecular weight excluding hydrogens is 260 g/mol. The Bertz CT molecular complexity index is 520. The van der Waals surface area contributed by atoms with Crippen molar-refractivity contribution in [2.75, 3.05) is 0 Å². The first-order valence-corrected chi connectivity index (χ1v) is 5.18. The fraction of sp³-hybridized carbons (Fsp3) is 0.222. The molecule has 0 amide bonds. The normalized spacial score (nSPS) is 13.0. The van der Waals surface area contributed by atoms with E-state index in [2.05, 4.69) is 25.9 Å². The van der Waals surface area contributed by atoms with E-state index in [0.29, 0.717) is 15.9 Å². The molecule has 1 atom stereocenters. The highest BCUT2D eigenvalue weighted by Gasteiger charge is 2.19. The summed E-state index contributed by atoms with van der Waals surface area (Å²) in [6.45, 7) is 1.64. The lowest BCUT2D eigenvalue weighted by atomic mass is 10.2. The first-order valence-electron chi connectivity index (χ1n) is 4.38. The van der Waals surface area contributed by atoms with Crippen molar-refractivity contribution < 1.29 is 4.79 Å². The fourth-order valence-corrected chi connectivity index (χ4v) is 1.80. The largest absolute Gasteiger partial charge is 0.321 e. The van der Waals surface area contributed by atoms with Gasteiger partial charge in [0.1, 0.15) is 22.3 Å². The maximum atomic E-state index is 11.7. The summed E-state index contributed by atoms with van der Waals surface area (Å²) in [4.78, 5) is 19.8. The third kappa shape index (κ3) is 1.66. The van der Waals surface area contributed by atoms with Crippen molar-refractivity contribution in [3.63, 3.8) is 0 Å². The minimum atomic E-state index is -0.556. The van der Waals surface area contributed by atoms with Gasteiger partial charge in [-0.1, -0.05) is 0 Å². The van der Waals surface area contributed by atoms with Crippen LogP contribution in [0.1, 0.15) is 17.4 Å². The Morgan fingerprint density at radius 2 is 2.40 bits per heavy atom. The molecule has 0 saturated carbocycles. The maximum absolute atomic E-state index is 11.7. The number of imidazole rings is 1. The van der Waals surface area contributed by atoms with Crippen LogP contribution in [0.4, 0.5) is 0 Å². The van der Waals surface area contributed by atoms with Gasteiger partial charge in [-0.05, 0) is 28.9 Å². The molecule has 0 aliphatic carbocycles. The third-order valence-electron chi connectivity index (χ3n) is 2.02. The molecule has 2 heterocycles. The van der Waals surface area contributed by atoms with E-state index < -0.39 is 6.04 Å². The fourth-order valence-electron chi connectivity index (χ4n) is 1.24. The summed E-state index contributed by atoms with van der Waals surface area (Å²) >= 11 is 3.30.